The number of carbonyl (C=O) groups excluding carboxylic acids is 3. The van der Waals surface area contributed by atoms with E-state index >= 15 is 0 Å². The van der Waals surface area contributed by atoms with Crippen LogP contribution < -0.4 is 0 Å². The first-order chi connectivity index (χ1) is 9.63. The van der Waals surface area contributed by atoms with Gasteiger partial charge in [0, 0.05) is 12.5 Å². The number of ether oxygens (including phenoxy) is 1. The summed E-state index contributed by atoms with van der Waals surface area (Å²) in [6.07, 6.45) is 3.41. The van der Waals surface area contributed by atoms with E-state index in [1.807, 2.05) is 30.3 Å². The van der Waals surface area contributed by atoms with Gasteiger partial charge in [-0.1, -0.05) is 30.3 Å². The molecule has 1 fully saturated rings. The molecule has 1 aromatic carbocycles. The number of hydrogen-bond donors (Lipinski definition) is 0. The lowest BCUT2D eigenvalue weighted by Crippen LogP contribution is -2.42. The second kappa shape index (κ2) is 6.14. The summed E-state index contributed by atoms with van der Waals surface area (Å²) < 4.78 is 4.62. The van der Waals surface area contributed by atoms with Crippen LogP contribution in [0, 0.1) is 0 Å². The Labute approximate surface area is 116 Å². The van der Waals surface area contributed by atoms with E-state index in [0.717, 1.165) is 10.5 Å². The fraction of sp³-hybridized carbons (Fsp3) is 0.267. The molecule has 2 amide bonds. The van der Waals surface area contributed by atoms with Crippen molar-refractivity contribution in [2.45, 2.75) is 18.9 Å². The SMILES string of the molecule is COC(=O)C1CCC(=O)N1C(=O)/C=C/c1ccccc1. The second-order valence-electron chi connectivity index (χ2n) is 4.42. The first-order valence-corrected chi connectivity index (χ1v) is 6.30. The Morgan fingerprint density at radius 1 is 1.30 bits per heavy atom. The fourth-order valence-corrected chi connectivity index (χ4v) is 2.13. The summed E-state index contributed by atoms with van der Waals surface area (Å²) in [6.45, 7) is 0. The normalized spacial score (nSPS) is 18.6. The van der Waals surface area contributed by atoms with Gasteiger partial charge in [0.05, 0.1) is 7.11 Å². The minimum atomic E-state index is -0.805. The van der Waals surface area contributed by atoms with E-state index < -0.39 is 17.9 Å². The first kappa shape index (κ1) is 14.0. The molecule has 104 valence electrons. The number of methoxy groups -OCH3 is 1. The second-order valence-corrected chi connectivity index (χ2v) is 4.42. The molecule has 0 spiro atoms. The van der Waals surface area contributed by atoms with Crippen molar-refractivity contribution in [3.8, 4) is 0 Å². The number of benzene rings is 1. The van der Waals surface area contributed by atoms with E-state index in [2.05, 4.69) is 4.74 Å². The fourth-order valence-electron chi connectivity index (χ4n) is 2.13. The molecular weight excluding hydrogens is 258 g/mol. The highest BCUT2D eigenvalue weighted by molar-refractivity contribution is 6.07. The van der Waals surface area contributed by atoms with E-state index in [4.69, 9.17) is 0 Å². The molecule has 0 N–H and O–H groups in total. The number of likely N-dealkylation sites (tertiary alicyclic amines) is 1. The lowest BCUT2D eigenvalue weighted by molar-refractivity contribution is -0.154. The predicted molar refractivity (Wildman–Crippen MR) is 72.4 cm³/mol. The molecule has 0 bridgehead atoms. The van der Waals surface area contributed by atoms with Crippen LogP contribution in [-0.4, -0.2) is 35.8 Å². The molecule has 2 rings (SSSR count). The molecule has 1 aliphatic rings. The largest absolute Gasteiger partial charge is 0.467 e. The summed E-state index contributed by atoms with van der Waals surface area (Å²) in [4.78, 5) is 36.3. The minimum Gasteiger partial charge on any atom is -0.467 e. The standard InChI is InChI=1S/C15H15NO4/c1-20-15(19)12-8-10-14(18)16(12)13(17)9-7-11-5-3-2-4-6-11/h2-7,9,12H,8,10H2,1H3/b9-7+. The van der Waals surface area contributed by atoms with Gasteiger partial charge in [-0.05, 0) is 18.1 Å². The highest BCUT2D eigenvalue weighted by Crippen LogP contribution is 2.20. The van der Waals surface area contributed by atoms with Gasteiger partial charge in [0.25, 0.3) is 5.91 Å². The van der Waals surface area contributed by atoms with Crippen LogP contribution in [-0.2, 0) is 19.1 Å². The summed E-state index contributed by atoms with van der Waals surface area (Å²) in [5, 5.41) is 0. The third kappa shape index (κ3) is 2.93. The highest BCUT2D eigenvalue weighted by Gasteiger charge is 2.39. The molecular formula is C15H15NO4. The first-order valence-electron chi connectivity index (χ1n) is 6.30. The average molecular weight is 273 g/mol. The zero-order valence-electron chi connectivity index (χ0n) is 11.1. The van der Waals surface area contributed by atoms with Crippen molar-refractivity contribution < 1.29 is 19.1 Å². The zero-order valence-corrected chi connectivity index (χ0v) is 11.1. The molecule has 1 heterocycles. The van der Waals surface area contributed by atoms with Gasteiger partial charge in [0.1, 0.15) is 6.04 Å². The van der Waals surface area contributed by atoms with Gasteiger partial charge in [-0.15, -0.1) is 0 Å². The lowest BCUT2D eigenvalue weighted by Gasteiger charge is -2.19. The maximum atomic E-state index is 12.1. The van der Waals surface area contributed by atoms with Crippen molar-refractivity contribution >= 4 is 23.9 Å². The number of nitrogens with zero attached hydrogens (tertiary/aromatic N) is 1. The summed E-state index contributed by atoms with van der Waals surface area (Å²) in [6, 6.07) is 8.45. The van der Waals surface area contributed by atoms with Crippen LogP contribution >= 0.6 is 0 Å². The number of amides is 2. The van der Waals surface area contributed by atoms with E-state index in [-0.39, 0.29) is 12.3 Å². The Bertz CT molecular complexity index is 550. The van der Waals surface area contributed by atoms with Crippen LogP contribution in [0.5, 0.6) is 0 Å². The van der Waals surface area contributed by atoms with Gasteiger partial charge < -0.3 is 4.74 Å². The molecule has 1 unspecified atom stereocenters. The summed E-state index contributed by atoms with van der Waals surface area (Å²) in [5.74, 6) is -1.40. The van der Waals surface area contributed by atoms with Crippen LogP contribution in [0.25, 0.3) is 6.08 Å². The Morgan fingerprint density at radius 2 is 2.00 bits per heavy atom. The monoisotopic (exact) mass is 273 g/mol. The Kier molecular flexibility index (Phi) is 4.30. The molecule has 1 saturated heterocycles. The van der Waals surface area contributed by atoms with Crippen molar-refractivity contribution in [2.75, 3.05) is 7.11 Å². The van der Waals surface area contributed by atoms with Gasteiger partial charge in [0.15, 0.2) is 0 Å². The van der Waals surface area contributed by atoms with E-state index in [0.29, 0.717) is 6.42 Å². The van der Waals surface area contributed by atoms with Crippen LogP contribution in [0.1, 0.15) is 18.4 Å². The number of rotatable bonds is 3. The molecule has 1 aromatic rings. The van der Waals surface area contributed by atoms with Crippen molar-refractivity contribution in [1.82, 2.24) is 4.90 Å². The van der Waals surface area contributed by atoms with Crippen molar-refractivity contribution in [3.63, 3.8) is 0 Å². The molecule has 0 aliphatic carbocycles. The third-order valence-corrected chi connectivity index (χ3v) is 3.14. The molecule has 0 radical (unpaired) electrons. The lowest BCUT2D eigenvalue weighted by atomic mass is 10.2. The third-order valence-electron chi connectivity index (χ3n) is 3.14. The van der Waals surface area contributed by atoms with Crippen molar-refractivity contribution in [2.24, 2.45) is 0 Å². The smallest absolute Gasteiger partial charge is 0.329 e. The topological polar surface area (TPSA) is 63.7 Å². The van der Waals surface area contributed by atoms with Gasteiger partial charge in [0.2, 0.25) is 5.91 Å². The highest BCUT2D eigenvalue weighted by atomic mass is 16.5. The zero-order chi connectivity index (χ0) is 14.5. The van der Waals surface area contributed by atoms with Crippen LogP contribution in [0.15, 0.2) is 36.4 Å². The quantitative estimate of drug-likeness (QED) is 0.616. The van der Waals surface area contributed by atoms with Crippen LogP contribution in [0.2, 0.25) is 0 Å². The van der Waals surface area contributed by atoms with Crippen LogP contribution in [0.3, 0.4) is 0 Å². The van der Waals surface area contributed by atoms with E-state index in [9.17, 15) is 14.4 Å². The molecule has 0 aromatic heterocycles. The van der Waals surface area contributed by atoms with E-state index in [1.54, 1.807) is 6.08 Å². The maximum absolute atomic E-state index is 12.1. The minimum absolute atomic E-state index is 0.185. The molecule has 5 heteroatoms. The predicted octanol–water partition coefficient (Wildman–Crippen LogP) is 1.39. The Balaban J connectivity index is 2.12. The van der Waals surface area contributed by atoms with Gasteiger partial charge in [-0.25, -0.2) is 4.79 Å². The number of carbonyl (C=O) groups is 3. The molecule has 5 nitrogen and oxygen atoms in total. The number of imide groups is 1. The maximum Gasteiger partial charge on any atom is 0.329 e. The Hall–Kier alpha value is -2.43. The number of hydrogen-bond acceptors (Lipinski definition) is 4. The Morgan fingerprint density at radius 3 is 2.65 bits per heavy atom. The van der Waals surface area contributed by atoms with E-state index in [1.165, 1.54) is 13.2 Å². The number of esters is 1. The van der Waals surface area contributed by atoms with Gasteiger partial charge >= 0.3 is 5.97 Å². The van der Waals surface area contributed by atoms with Crippen molar-refractivity contribution in [3.05, 3.63) is 42.0 Å². The van der Waals surface area contributed by atoms with Gasteiger partial charge in [-0.3, -0.25) is 14.5 Å². The van der Waals surface area contributed by atoms with Crippen molar-refractivity contribution in [1.29, 1.82) is 0 Å². The molecule has 0 saturated carbocycles. The molecule has 1 atom stereocenters. The average Bonchev–Trinajstić information content (AvgIpc) is 2.87. The summed E-state index contributed by atoms with van der Waals surface area (Å²) in [5.41, 5.74) is 0.849. The summed E-state index contributed by atoms with van der Waals surface area (Å²) >= 11 is 0. The molecule has 20 heavy (non-hydrogen) atoms. The van der Waals surface area contributed by atoms with Gasteiger partial charge in [-0.2, -0.15) is 0 Å². The summed E-state index contributed by atoms with van der Waals surface area (Å²) in [7, 11) is 1.24. The molecule has 1 aliphatic heterocycles. The van der Waals surface area contributed by atoms with Crippen LogP contribution in [0.4, 0.5) is 0 Å².